The van der Waals surface area contributed by atoms with E-state index in [1.165, 1.54) is 0 Å². The lowest BCUT2D eigenvalue weighted by Crippen LogP contribution is -2.16. The van der Waals surface area contributed by atoms with Crippen LogP contribution in [0.25, 0.3) is 0 Å². The van der Waals surface area contributed by atoms with E-state index in [4.69, 9.17) is 25.8 Å². The summed E-state index contributed by atoms with van der Waals surface area (Å²) in [6, 6.07) is 5.73. The van der Waals surface area contributed by atoms with Crippen molar-refractivity contribution >= 4 is 11.6 Å². The van der Waals surface area contributed by atoms with Gasteiger partial charge < -0.3 is 19.5 Å². The minimum atomic E-state index is 0.522. The minimum Gasteiger partial charge on any atom is -0.491 e. The first-order chi connectivity index (χ1) is 10.3. The predicted molar refractivity (Wildman–Crippen MR) is 86.3 cm³/mol. The van der Waals surface area contributed by atoms with Gasteiger partial charge in [0, 0.05) is 37.5 Å². The molecule has 0 amide bonds. The molecule has 120 valence electrons. The molecule has 0 saturated heterocycles. The van der Waals surface area contributed by atoms with Crippen molar-refractivity contribution in [1.82, 2.24) is 5.32 Å². The van der Waals surface area contributed by atoms with Crippen LogP contribution < -0.4 is 10.1 Å². The third kappa shape index (κ3) is 7.67. The number of rotatable bonds is 12. The molecule has 1 aromatic rings. The van der Waals surface area contributed by atoms with E-state index in [2.05, 4.69) is 12.2 Å². The zero-order chi connectivity index (χ0) is 15.3. The smallest absolute Gasteiger partial charge is 0.125 e. The molecule has 21 heavy (non-hydrogen) atoms. The van der Waals surface area contributed by atoms with Gasteiger partial charge in [-0.15, -0.1) is 0 Å². The third-order valence-electron chi connectivity index (χ3n) is 2.93. The van der Waals surface area contributed by atoms with Crippen LogP contribution >= 0.6 is 11.6 Å². The Kier molecular flexibility index (Phi) is 10.3. The molecule has 5 heteroatoms. The predicted octanol–water partition coefficient (Wildman–Crippen LogP) is 3.27. The van der Waals surface area contributed by atoms with Crippen molar-refractivity contribution in [2.24, 2.45) is 0 Å². The summed E-state index contributed by atoms with van der Waals surface area (Å²) in [5.41, 5.74) is 1.01. The van der Waals surface area contributed by atoms with Crippen LogP contribution in [-0.4, -0.2) is 40.1 Å². The summed E-state index contributed by atoms with van der Waals surface area (Å²) in [5, 5.41) is 4.08. The van der Waals surface area contributed by atoms with Crippen LogP contribution in [0.3, 0.4) is 0 Å². The molecule has 0 bridgehead atoms. The second-order valence-corrected chi connectivity index (χ2v) is 5.11. The fraction of sp³-hybridized carbons (Fsp3) is 0.625. The summed E-state index contributed by atoms with van der Waals surface area (Å²) < 4.78 is 16.2. The van der Waals surface area contributed by atoms with Crippen molar-refractivity contribution < 1.29 is 14.2 Å². The molecule has 0 aliphatic carbocycles. The Labute approximate surface area is 132 Å². The van der Waals surface area contributed by atoms with E-state index in [1.807, 2.05) is 18.2 Å². The Hall–Kier alpha value is -0.810. The number of ether oxygens (including phenoxy) is 3. The van der Waals surface area contributed by atoms with Gasteiger partial charge in [-0.25, -0.2) is 0 Å². The Morgan fingerprint density at radius 1 is 1.14 bits per heavy atom. The number of benzene rings is 1. The van der Waals surface area contributed by atoms with Gasteiger partial charge in [0.05, 0.1) is 6.61 Å². The van der Waals surface area contributed by atoms with Gasteiger partial charge >= 0.3 is 0 Å². The average molecular weight is 316 g/mol. The Morgan fingerprint density at radius 3 is 2.76 bits per heavy atom. The van der Waals surface area contributed by atoms with Crippen molar-refractivity contribution in [2.75, 3.05) is 40.1 Å². The van der Waals surface area contributed by atoms with Crippen LogP contribution in [0.5, 0.6) is 5.75 Å². The fourth-order valence-corrected chi connectivity index (χ4v) is 2.09. The highest BCUT2D eigenvalue weighted by atomic mass is 35.5. The monoisotopic (exact) mass is 315 g/mol. The minimum absolute atomic E-state index is 0.522. The number of hydrogen-bond acceptors (Lipinski definition) is 4. The average Bonchev–Trinajstić information content (AvgIpc) is 2.49. The second kappa shape index (κ2) is 11.8. The lowest BCUT2D eigenvalue weighted by molar-refractivity contribution is 0.0804. The SMILES string of the molecule is CCCNCc1c(Cl)cccc1OCCOCCCOC. The van der Waals surface area contributed by atoms with Crippen LogP contribution in [0.2, 0.25) is 5.02 Å². The van der Waals surface area contributed by atoms with Gasteiger partial charge in [-0.2, -0.15) is 0 Å². The van der Waals surface area contributed by atoms with Crippen LogP contribution in [0.1, 0.15) is 25.3 Å². The first-order valence-corrected chi connectivity index (χ1v) is 7.85. The molecule has 1 aromatic carbocycles. The Morgan fingerprint density at radius 2 is 2.00 bits per heavy atom. The van der Waals surface area contributed by atoms with Gasteiger partial charge in [0.2, 0.25) is 0 Å². The number of halogens is 1. The van der Waals surface area contributed by atoms with Crippen molar-refractivity contribution in [3.63, 3.8) is 0 Å². The first-order valence-electron chi connectivity index (χ1n) is 7.47. The lowest BCUT2D eigenvalue weighted by Gasteiger charge is -2.13. The van der Waals surface area contributed by atoms with E-state index in [1.54, 1.807) is 7.11 Å². The zero-order valence-corrected chi connectivity index (χ0v) is 13.7. The molecule has 0 saturated carbocycles. The van der Waals surface area contributed by atoms with Crippen molar-refractivity contribution in [1.29, 1.82) is 0 Å². The van der Waals surface area contributed by atoms with Crippen LogP contribution in [0.15, 0.2) is 18.2 Å². The molecule has 0 spiro atoms. The largest absolute Gasteiger partial charge is 0.491 e. The number of nitrogens with one attached hydrogen (secondary N) is 1. The molecule has 0 radical (unpaired) electrons. The molecule has 1 N–H and O–H groups in total. The molecule has 0 heterocycles. The molecular weight excluding hydrogens is 290 g/mol. The molecule has 0 aromatic heterocycles. The highest BCUT2D eigenvalue weighted by molar-refractivity contribution is 6.31. The maximum absolute atomic E-state index is 6.24. The Balaban J connectivity index is 2.34. The fourth-order valence-electron chi connectivity index (χ4n) is 1.85. The van der Waals surface area contributed by atoms with Crippen LogP contribution in [0.4, 0.5) is 0 Å². The van der Waals surface area contributed by atoms with E-state index in [-0.39, 0.29) is 0 Å². The zero-order valence-electron chi connectivity index (χ0n) is 13.0. The Bertz CT molecular complexity index is 388. The van der Waals surface area contributed by atoms with Gasteiger partial charge in [-0.3, -0.25) is 0 Å². The second-order valence-electron chi connectivity index (χ2n) is 4.70. The van der Waals surface area contributed by atoms with Crippen molar-refractivity contribution in [2.45, 2.75) is 26.3 Å². The molecule has 0 aliphatic rings. The summed E-state index contributed by atoms with van der Waals surface area (Å²) in [5.74, 6) is 0.826. The lowest BCUT2D eigenvalue weighted by atomic mass is 10.2. The van der Waals surface area contributed by atoms with E-state index >= 15 is 0 Å². The van der Waals surface area contributed by atoms with Gasteiger partial charge in [0.1, 0.15) is 12.4 Å². The topological polar surface area (TPSA) is 39.7 Å². The van der Waals surface area contributed by atoms with Crippen LogP contribution in [0, 0.1) is 0 Å². The van der Waals surface area contributed by atoms with E-state index < -0.39 is 0 Å². The highest BCUT2D eigenvalue weighted by Crippen LogP contribution is 2.26. The van der Waals surface area contributed by atoms with E-state index in [0.29, 0.717) is 19.8 Å². The van der Waals surface area contributed by atoms with Gasteiger partial charge in [-0.05, 0) is 31.5 Å². The van der Waals surface area contributed by atoms with Crippen LogP contribution in [-0.2, 0) is 16.0 Å². The van der Waals surface area contributed by atoms with Gasteiger partial charge in [-0.1, -0.05) is 24.6 Å². The summed E-state index contributed by atoms with van der Waals surface area (Å²) in [6.45, 7) is 6.33. The maximum Gasteiger partial charge on any atom is 0.125 e. The molecule has 1 rings (SSSR count). The molecule has 4 nitrogen and oxygen atoms in total. The third-order valence-corrected chi connectivity index (χ3v) is 3.28. The normalized spacial score (nSPS) is 10.8. The van der Waals surface area contributed by atoms with Crippen molar-refractivity contribution in [3.8, 4) is 5.75 Å². The highest BCUT2D eigenvalue weighted by Gasteiger charge is 2.07. The molecule has 0 fully saturated rings. The standard InChI is InChI=1S/C16H26ClNO3/c1-3-8-18-13-14-15(17)6-4-7-16(14)21-12-11-20-10-5-9-19-2/h4,6-7,18H,3,5,8-13H2,1-2H3. The summed E-state index contributed by atoms with van der Waals surface area (Å²) in [4.78, 5) is 0. The quantitative estimate of drug-likeness (QED) is 0.601. The summed E-state index contributed by atoms with van der Waals surface area (Å²) in [6.07, 6.45) is 2.00. The molecule has 0 aliphatic heterocycles. The number of methoxy groups -OCH3 is 1. The van der Waals surface area contributed by atoms with Crippen molar-refractivity contribution in [3.05, 3.63) is 28.8 Å². The maximum atomic E-state index is 6.24. The van der Waals surface area contributed by atoms with E-state index in [9.17, 15) is 0 Å². The van der Waals surface area contributed by atoms with Gasteiger partial charge in [0.15, 0.2) is 0 Å². The van der Waals surface area contributed by atoms with Gasteiger partial charge in [0.25, 0.3) is 0 Å². The first kappa shape index (κ1) is 18.2. The molecule has 0 atom stereocenters. The van der Waals surface area contributed by atoms with E-state index in [0.717, 1.165) is 48.9 Å². The molecular formula is C16H26ClNO3. The molecule has 0 unspecified atom stereocenters. The summed E-state index contributed by atoms with van der Waals surface area (Å²) >= 11 is 6.24. The summed E-state index contributed by atoms with van der Waals surface area (Å²) in [7, 11) is 1.69. The number of hydrogen-bond donors (Lipinski definition) is 1.